The molecule has 0 spiro atoms. The van der Waals surface area contributed by atoms with Gasteiger partial charge < -0.3 is 14.5 Å². The Balaban J connectivity index is 1.50. The maximum atomic E-state index is 14.0. The first-order valence-corrected chi connectivity index (χ1v) is 15.0. The minimum Gasteiger partial charge on any atom is -0.458 e. The number of rotatable bonds is 8. The molecule has 0 bridgehead atoms. The molecule has 11 nitrogen and oxygen atoms in total. The van der Waals surface area contributed by atoms with Crippen LogP contribution in [0.5, 0.6) is 0 Å². The lowest BCUT2D eigenvalue weighted by atomic mass is 9.92. The minimum absolute atomic E-state index is 0.0729. The molecular formula is C33H35F3N7O4+. The van der Waals surface area contributed by atoms with Crippen molar-refractivity contribution in [3.63, 3.8) is 0 Å². The van der Waals surface area contributed by atoms with Crippen molar-refractivity contribution < 1.29 is 32.0 Å². The Bertz CT molecular complexity index is 1880. The maximum Gasteiger partial charge on any atom is 0.416 e. The Morgan fingerprint density at radius 1 is 1.04 bits per heavy atom. The lowest BCUT2D eigenvalue weighted by molar-refractivity contribution is -0.862. The molecule has 1 amide bonds. The van der Waals surface area contributed by atoms with Crippen LogP contribution in [0.15, 0.2) is 65.6 Å². The summed E-state index contributed by atoms with van der Waals surface area (Å²) in [6.45, 7) is 7.46. The van der Waals surface area contributed by atoms with Crippen molar-refractivity contribution in [2.75, 3.05) is 27.7 Å². The van der Waals surface area contributed by atoms with E-state index in [0.717, 1.165) is 16.8 Å². The van der Waals surface area contributed by atoms with Gasteiger partial charge in [-0.05, 0) is 62.1 Å². The first-order valence-electron chi connectivity index (χ1n) is 15.0. The molecule has 246 valence electrons. The van der Waals surface area contributed by atoms with Crippen LogP contribution in [0.1, 0.15) is 41.6 Å². The molecule has 2 aromatic heterocycles. The van der Waals surface area contributed by atoms with Crippen molar-refractivity contribution in [1.29, 1.82) is 0 Å². The van der Waals surface area contributed by atoms with E-state index in [0.29, 0.717) is 47.2 Å². The van der Waals surface area contributed by atoms with Crippen LogP contribution >= 0.6 is 0 Å². The predicted octanol–water partition coefficient (Wildman–Crippen LogP) is 4.89. The predicted molar refractivity (Wildman–Crippen MR) is 167 cm³/mol. The van der Waals surface area contributed by atoms with Crippen LogP contribution < -0.4 is 10.9 Å². The van der Waals surface area contributed by atoms with E-state index in [1.54, 1.807) is 30.3 Å². The second-order valence-corrected chi connectivity index (χ2v) is 12.6. The number of nitrogens with zero attached hydrogens (tertiary/aromatic N) is 6. The number of esters is 1. The van der Waals surface area contributed by atoms with Crippen LogP contribution in [0.25, 0.3) is 27.6 Å². The summed E-state index contributed by atoms with van der Waals surface area (Å²) in [5.74, 6) is -0.984. The normalized spacial score (nSPS) is 16.8. The molecule has 5 rings (SSSR count). The summed E-state index contributed by atoms with van der Waals surface area (Å²) >= 11 is 0. The molecule has 1 saturated carbocycles. The quantitative estimate of drug-likeness (QED) is 0.166. The summed E-state index contributed by atoms with van der Waals surface area (Å²) in [6, 6.07) is 12.1. The number of halogens is 3. The van der Waals surface area contributed by atoms with E-state index in [4.69, 9.17) is 11.3 Å². The Morgan fingerprint density at radius 2 is 1.72 bits per heavy atom. The second-order valence-electron chi connectivity index (χ2n) is 12.6. The third kappa shape index (κ3) is 7.30. The summed E-state index contributed by atoms with van der Waals surface area (Å²) in [7, 11) is 7.17. The molecule has 1 aliphatic carbocycles. The van der Waals surface area contributed by atoms with Gasteiger partial charge in [-0.1, -0.05) is 18.2 Å². The van der Waals surface area contributed by atoms with E-state index in [9.17, 15) is 27.6 Å². The number of likely N-dealkylation sites (N-methyl/N-ethyl adjacent to an activating group) is 1. The number of nitrogens with one attached hydrogen (secondary N) is 1. The molecule has 0 atom stereocenters. The van der Waals surface area contributed by atoms with Gasteiger partial charge in [-0.25, -0.2) is 19.0 Å². The van der Waals surface area contributed by atoms with Crippen molar-refractivity contribution in [3.05, 3.63) is 93.7 Å². The number of carbonyl (C=O) groups excluding carboxylic acids is 2. The van der Waals surface area contributed by atoms with E-state index in [2.05, 4.69) is 15.3 Å². The number of quaternary nitrogens is 1. The second kappa shape index (κ2) is 12.9. The van der Waals surface area contributed by atoms with Crippen LogP contribution in [-0.2, 0) is 22.8 Å². The van der Waals surface area contributed by atoms with Gasteiger partial charge in [0, 0.05) is 13.1 Å². The third-order valence-electron chi connectivity index (χ3n) is 7.93. The first-order chi connectivity index (χ1) is 22.2. The number of benzene rings is 2. The maximum absolute atomic E-state index is 14.0. The zero-order valence-electron chi connectivity index (χ0n) is 26.4. The average molecular weight is 651 g/mol. The number of ether oxygens (including phenoxy) is 1. The zero-order valence-corrected chi connectivity index (χ0v) is 26.4. The van der Waals surface area contributed by atoms with Gasteiger partial charge in [0.25, 0.3) is 11.5 Å². The fraction of sp³-hybridized carbons (Fsp3) is 0.364. The smallest absolute Gasteiger partial charge is 0.416 e. The first kappa shape index (κ1) is 33.2. The monoisotopic (exact) mass is 650 g/mol. The fourth-order valence-electron chi connectivity index (χ4n) is 5.76. The third-order valence-corrected chi connectivity index (χ3v) is 7.93. The summed E-state index contributed by atoms with van der Waals surface area (Å²) in [4.78, 5) is 43.7. The molecule has 14 heteroatoms. The number of alkyl halides is 3. The average Bonchev–Trinajstić information content (AvgIpc) is 3.58. The summed E-state index contributed by atoms with van der Waals surface area (Å²) in [5, 5.41) is 7.32. The Morgan fingerprint density at radius 3 is 2.34 bits per heavy atom. The highest BCUT2D eigenvalue weighted by atomic mass is 19.4. The van der Waals surface area contributed by atoms with Gasteiger partial charge in [-0.3, -0.25) is 14.3 Å². The van der Waals surface area contributed by atoms with Crippen LogP contribution in [0, 0.1) is 6.57 Å². The van der Waals surface area contributed by atoms with Crippen LogP contribution in [0.4, 0.5) is 18.9 Å². The van der Waals surface area contributed by atoms with Crippen molar-refractivity contribution in [3.8, 4) is 22.8 Å². The van der Waals surface area contributed by atoms with Crippen molar-refractivity contribution >= 4 is 17.6 Å². The highest BCUT2D eigenvalue weighted by Crippen LogP contribution is 2.32. The SMILES string of the molecule is [C-]#[N+]c1ccc(-n2nccc2-c2c(C(=O)NC3CCC(OC(=O)C[N+](C)(C)C)CC3)c(=O)n(-c3cccc(C(F)(F)F)c3)n2C)cc1. The Hall–Kier alpha value is -5.16. The molecule has 0 radical (unpaired) electrons. The summed E-state index contributed by atoms with van der Waals surface area (Å²) < 4.78 is 50.8. The molecule has 1 aliphatic rings. The summed E-state index contributed by atoms with van der Waals surface area (Å²) in [6.07, 6.45) is -1.40. The minimum atomic E-state index is -4.65. The molecule has 0 saturated heterocycles. The van der Waals surface area contributed by atoms with Crippen molar-refractivity contribution in [1.82, 2.24) is 24.5 Å². The van der Waals surface area contributed by atoms with Gasteiger partial charge in [0.2, 0.25) is 0 Å². The number of aromatic nitrogens is 4. The van der Waals surface area contributed by atoms with Gasteiger partial charge in [0.05, 0.1) is 56.5 Å². The topological polar surface area (TPSA) is 105 Å². The molecule has 47 heavy (non-hydrogen) atoms. The number of hydrogen-bond donors (Lipinski definition) is 1. The highest BCUT2D eigenvalue weighted by Gasteiger charge is 2.34. The Labute approximate surface area is 269 Å². The number of carbonyl (C=O) groups is 2. The number of hydrogen-bond acceptors (Lipinski definition) is 5. The van der Waals surface area contributed by atoms with Gasteiger partial charge in [0.15, 0.2) is 12.2 Å². The van der Waals surface area contributed by atoms with E-state index in [1.165, 1.54) is 34.7 Å². The molecular weight excluding hydrogens is 615 g/mol. The fourth-order valence-corrected chi connectivity index (χ4v) is 5.76. The lowest BCUT2D eigenvalue weighted by Gasteiger charge is -2.30. The Kier molecular flexibility index (Phi) is 9.13. The van der Waals surface area contributed by atoms with E-state index in [1.807, 2.05) is 21.1 Å². The molecule has 2 aromatic carbocycles. The molecule has 0 unspecified atom stereocenters. The van der Waals surface area contributed by atoms with Crippen molar-refractivity contribution in [2.45, 2.75) is 44.0 Å². The highest BCUT2D eigenvalue weighted by molar-refractivity contribution is 6.00. The van der Waals surface area contributed by atoms with Gasteiger partial charge in [-0.15, -0.1) is 0 Å². The van der Waals surface area contributed by atoms with Gasteiger partial charge in [0.1, 0.15) is 17.4 Å². The largest absolute Gasteiger partial charge is 0.458 e. The molecule has 4 aromatic rings. The molecule has 0 aliphatic heterocycles. The van der Waals surface area contributed by atoms with Gasteiger partial charge in [-0.2, -0.15) is 18.3 Å². The molecule has 2 heterocycles. The van der Waals surface area contributed by atoms with Crippen LogP contribution in [0.2, 0.25) is 0 Å². The van der Waals surface area contributed by atoms with E-state index < -0.39 is 23.2 Å². The van der Waals surface area contributed by atoms with Crippen molar-refractivity contribution in [2.24, 2.45) is 7.05 Å². The van der Waals surface area contributed by atoms with E-state index in [-0.39, 0.29) is 41.6 Å². The van der Waals surface area contributed by atoms with Gasteiger partial charge >= 0.3 is 12.1 Å². The molecule has 1 N–H and O–H groups in total. The van der Waals surface area contributed by atoms with Crippen LogP contribution in [0.3, 0.4) is 0 Å². The molecule has 1 fully saturated rings. The summed E-state index contributed by atoms with van der Waals surface area (Å²) in [5.41, 5.74) is -0.664. The number of amides is 1. The standard InChI is InChI=1S/C33H34F3N7O4/c1-37-22-9-13-24(14-10-22)41-27(17-18-38-41)30-29(32(46)42(40(30)2)25-8-6-7-21(19-25)33(34,35)36)31(45)39-23-11-15-26(16-12-23)47-28(44)20-43(3,4)5/h6-10,13-14,17-19,23,26H,11-12,15-16,20H2,2-5H3/p+1. The lowest BCUT2D eigenvalue weighted by Crippen LogP contribution is -2.43. The van der Waals surface area contributed by atoms with E-state index >= 15 is 0 Å². The zero-order chi connectivity index (χ0) is 34.1. The van der Waals surface area contributed by atoms with Crippen LogP contribution in [-0.4, -0.2) is 75.3 Å².